The topological polar surface area (TPSA) is 105 Å². The molecule has 10 heteroatoms. The van der Waals surface area contributed by atoms with Crippen LogP contribution in [0.5, 0.6) is 11.5 Å². The smallest absolute Gasteiger partial charge is 0.264 e. The van der Waals surface area contributed by atoms with Crippen LogP contribution in [0.4, 0.5) is 5.69 Å². The highest BCUT2D eigenvalue weighted by molar-refractivity contribution is 7.92. The number of amides is 2. The summed E-state index contributed by atoms with van der Waals surface area (Å²) in [6, 6.07) is 19.1. The van der Waals surface area contributed by atoms with Gasteiger partial charge in [-0.3, -0.25) is 13.9 Å². The summed E-state index contributed by atoms with van der Waals surface area (Å²) in [6.45, 7) is 6.71. The molecule has 0 radical (unpaired) electrons. The van der Waals surface area contributed by atoms with Gasteiger partial charge in [0.25, 0.3) is 10.0 Å². The quantitative estimate of drug-likeness (QED) is 0.353. The Morgan fingerprint density at radius 1 is 0.875 bits per heavy atom. The van der Waals surface area contributed by atoms with Crippen molar-refractivity contribution in [2.75, 3.05) is 25.1 Å². The minimum atomic E-state index is -4.16. The van der Waals surface area contributed by atoms with E-state index in [2.05, 4.69) is 5.32 Å². The molecule has 0 saturated carbocycles. The maximum Gasteiger partial charge on any atom is 0.264 e. The first-order valence-corrected chi connectivity index (χ1v) is 14.4. The van der Waals surface area contributed by atoms with Crippen molar-refractivity contribution in [2.45, 2.75) is 51.2 Å². The maximum absolute atomic E-state index is 14.0. The summed E-state index contributed by atoms with van der Waals surface area (Å²) in [5.74, 6) is 0.210. The Bertz CT molecular complexity index is 1410. The first-order valence-electron chi connectivity index (χ1n) is 12.9. The lowest BCUT2D eigenvalue weighted by Crippen LogP contribution is -2.52. The normalized spacial score (nSPS) is 12.0. The molecule has 0 fully saturated rings. The number of carbonyl (C=O) groups is 2. The van der Waals surface area contributed by atoms with Crippen molar-refractivity contribution in [3.8, 4) is 11.5 Å². The van der Waals surface area contributed by atoms with Crippen LogP contribution in [-0.2, 0) is 26.2 Å². The molecule has 0 bridgehead atoms. The number of anilines is 1. The fourth-order valence-corrected chi connectivity index (χ4v) is 5.45. The largest absolute Gasteiger partial charge is 0.497 e. The van der Waals surface area contributed by atoms with E-state index in [0.717, 1.165) is 15.4 Å². The molecule has 3 rings (SSSR count). The lowest BCUT2D eigenvalue weighted by Gasteiger charge is -2.32. The predicted octanol–water partition coefficient (Wildman–Crippen LogP) is 4.15. The Kier molecular flexibility index (Phi) is 10.2. The number of methoxy groups -OCH3 is 2. The van der Waals surface area contributed by atoms with Crippen LogP contribution in [0, 0.1) is 6.92 Å². The molecule has 0 spiro atoms. The molecule has 214 valence electrons. The molecule has 3 aromatic rings. The van der Waals surface area contributed by atoms with Crippen molar-refractivity contribution in [3.05, 3.63) is 83.9 Å². The van der Waals surface area contributed by atoms with Gasteiger partial charge >= 0.3 is 0 Å². The highest BCUT2D eigenvalue weighted by Gasteiger charge is 2.32. The number of rotatable bonds is 12. The number of nitrogens with one attached hydrogen (secondary N) is 1. The van der Waals surface area contributed by atoms with E-state index in [1.165, 1.54) is 24.1 Å². The SMILES string of the molecule is COc1ccc(CN(C(=O)CN(c2cccc(OC)c2)S(=O)(=O)c2ccc(C)cc2)[C@H](C)C(=O)NC(C)C)cc1. The lowest BCUT2D eigenvalue weighted by molar-refractivity contribution is -0.139. The van der Waals surface area contributed by atoms with Gasteiger partial charge in [0.1, 0.15) is 24.1 Å². The monoisotopic (exact) mass is 567 g/mol. The molecule has 1 atom stereocenters. The maximum atomic E-state index is 14.0. The van der Waals surface area contributed by atoms with E-state index < -0.39 is 28.5 Å². The fourth-order valence-electron chi connectivity index (χ4n) is 4.05. The van der Waals surface area contributed by atoms with E-state index in [9.17, 15) is 18.0 Å². The van der Waals surface area contributed by atoms with Crippen molar-refractivity contribution in [1.29, 1.82) is 0 Å². The molecule has 0 aliphatic rings. The molecule has 9 nitrogen and oxygen atoms in total. The zero-order chi connectivity index (χ0) is 29.4. The standard InChI is InChI=1S/C30H37N3O6S/c1-21(2)31-30(35)23(4)32(19-24-12-14-26(38-5)15-13-24)29(34)20-33(25-8-7-9-27(18-25)39-6)40(36,37)28-16-10-22(3)11-17-28/h7-18,21,23H,19-20H2,1-6H3,(H,31,35)/t23-/m1/s1. The van der Waals surface area contributed by atoms with Gasteiger partial charge in [-0.25, -0.2) is 8.42 Å². The molecule has 0 unspecified atom stereocenters. The van der Waals surface area contributed by atoms with Gasteiger partial charge in [-0.1, -0.05) is 35.9 Å². The number of nitrogens with zero attached hydrogens (tertiary/aromatic N) is 2. The van der Waals surface area contributed by atoms with Gasteiger partial charge in [0.05, 0.1) is 24.8 Å². The zero-order valence-electron chi connectivity index (χ0n) is 23.7. The van der Waals surface area contributed by atoms with Crippen molar-refractivity contribution in [3.63, 3.8) is 0 Å². The second kappa shape index (κ2) is 13.3. The fraction of sp³-hybridized carbons (Fsp3) is 0.333. The van der Waals surface area contributed by atoms with Gasteiger partial charge in [0.2, 0.25) is 11.8 Å². The highest BCUT2D eigenvalue weighted by atomic mass is 32.2. The third-order valence-electron chi connectivity index (χ3n) is 6.34. The van der Waals surface area contributed by atoms with Gasteiger partial charge < -0.3 is 19.7 Å². The van der Waals surface area contributed by atoms with Gasteiger partial charge in [0.15, 0.2) is 0 Å². The summed E-state index contributed by atoms with van der Waals surface area (Å²) in [5.41, 5.74) is 1.92. The van der Waals surface area contributed by atoms with Crippen LogP contribution in [0.1, 0.15) is 31.9 Å². The van der Waals surface area contributed by atoms with Crippen molar-refractivity contribution >= 4 is 27.5 Å². The molecule has 2 amide bonds. The molecule has 0 heterocycles. The van der Waals surface area contributed by atoms with Crippen LogP contribution in [0.15, 0.2) is 77.7 Å². The van der Waals surface area contributed by atoms with Gasteiger partial charge in [-0.15, -0.1) is 0 Å². The van der Waals surface area contributed by atoms with E-state index in [-0.39, 0.29) is 29.1 Å². The first-order chi connectivity index (χ1) is 19.0. The van der Waals surface area contributed by atoms with Crippen molar-refractivity contribution in [1.82, 2.24) is 10.2 Å². The molecular formula is C30H37N3O6S. The number of aryl methyl sites for hydroxylation is 1. The molecule has 3 aromatic carbocycles. The summed E-state index contributed by atoms with van der Waals surface area (Å²) in [5, 5.41) is 2.84. The van der Waals surface area contributed by atoms with Crippen LogP contribution < -0.4 is 19.1 Å². The number of carbonyl (C=O) groups excluding carboxylic acids is 2. The minimum absolute atomic E-state index is 0.0426. The van der Waals surface area contributed by atoms with Crippen LogP contribution in [0.3, 0.4) is 0 Å². The Labute approximate surface area is 236 Å². The van der Waals surface area contributed by atoms with Crippen molar-refractivity contribution < 1.29 is 27.5 Å². The molecule has 0 aliphatic heterocycles. The Morgan fingerprint density at radius 2 is 1.50 bits per heavy atom. The average molecular weight is 568 g/mol. The Balaban J connectivity index is 2.04. The summed E-state index contributed by atoms with van der Waals surface area (Å²) < 4.78 is 39.4. The Morgan fingerprint density at radius 3 is 2.08 bits per heavy atom. The molecular weight excluding hydrogens is 530 g/mol. The van der Waals surface area contributed by atoms with Crippen LogP contribution in [-0.4, -0.2) is 58.0 Å². The van der Waals surface area contributed by atoms with E-state index >= 15 is 0 Å². The molecule has 0 aromatic heterocycles. The van der Waals surface area contributed by atoms with E-state index in [1.807, 2.05) is 20.8 Å². The number of ether oxygens (including phenoxy) is 2. The van der Waals surface area contributed by atoms with Gasteiger partial charge in [0, 0.05) is 18.7 Å². The molecule has 40 heavy (non-hydrogen) atoms. The minimum Gasteiger partial charge on any atom is -0.497 e. The second-order valence-corrected chi connectivity index (χ2v) is 11.6. The predicted molar refractivity (Wildman–Crippen MR) is 155 cm³/mol. The van der Waals surface area contributed by atoms with E-state index in [4.69, 9.17) is 9.47 Å². The summed E-state index contributed by atoms with van der Waals surface area (Å²) >= 11 is 0. The highest BCUT2D eigenvalue weighted by Crippen LogP contribution is 2.28. The Hall–Kier alpha value is -4.05. The molecule has 0 saturated heterocycles. The zero-order valence-corrected chi connectivity index (χ0v) is 24.6. The number of hydrogen-bond donors (Lipinski definition) is 1. The van der Waals surface area contributed by atoms with Crippen molar-refractivity contribution in [2.24, 2.45) is 0 Å². The number of benzene rings is 3. The van der Waals surface area contributed by atoms with Crippen LogP contribution in [0.2, 0.25) is 0 Å². The third-order valence-corrected chi connectivity index (χ3v) is 8.13. The number of sulfonamides is 1. The first kappa shape index (κ1) is 30.5. The van der Waals surface area contributed by atoms with Crippen LogP contribution in [0.25, 0.3) is 0 Å². The summed E-state index contributed by atoms with van der Waals surface area (Å²) in [6.07, 6.45) is 0. The second-order valence-electron chi connectivity index (χ2n) is 9.74. The van der Waals surface area contributed by atoms with Gasteiger partial charge in [-0.2, -0.15) is 0 Å². The molecule has 0 aliphatic carbocycles. The van der Waals surface area contributed by atoms with Crippen LogP contribution >= 0.6 is 0 Å². The number of hydrogen-bond acceptors (Lipinski definition) is 6. The lowest BCUT2D eigenvalue weighted by atomic mass is 10.1. The summed E-state index contributed by atoms with van der Waals surface area (Å²) in [4.78, 5) is 28.4. The molecule has 1 N–H and O–H groups in total. The van der Waals surface area contributed by atoms with Gasteiger partial charge in [-0.05, 0) is 69.7 Å². The average Bonchev–Trinajstić information content (AvgIpc) is 2.94. The summed E-state index contributed by atoms with van der Waals surface area (Å²) in [7, 11) is -1.12. The van der Waals surface area contributed by atoms with E-state index in [1.54, 1.807) is 74.7 Å². The van der Waals surface area contributed by atoms with E-state index in [0.29, 0.717) is 11.5 Å². The third kappa shape index (κ3) is 7.53.